The van der Waals surface area contributed by atoms with Crippen molar-refractivity contribution >= 4 is 50.8 Å². The van der Waals surface area contributed by atoms with E-state index < -0.39 is 0 Å². The van der Waals surface area contributed by atoms with Gasteiger partial charge in [0.05, 0.1) is 17.4 Å². The summed E-state index contributed by atoms with van der Waals surface area (Å²) in [6, 6.07) is 23.5. The van der Waals surface area contributed by atoms with E-state index in [2.05, 4.69) is 28.5 Å². The summed E-state index contributed by atoms with van der Waals surface area (Å²) in [5.74, 6) is -0.325. The minimum Gasteiger partial charge on any atom is -0.346 e. The Labute approximate surface area is 191 Å². The Hall–Kier alpha value is -3.77. The van der Waals surface area contributed by atoms with Gasteiger partial charge in [-0.15, -0.1) is 11.3 Å². The molecule has 0 saturated carbocycles. The van der Waals surface area contributed by atoms with Crippen LogP contribution in [-0.2, 0) is 9.59 Å². The van der Waals surface area contributed by atoms with Gasteiger partial charge in [-0.1, -0.05) is 60.7 Å². The summed E-state index contributed by atoms with van der Waals surface area (Å²) < 4.78 is 0. The normalized spacial score (nSPS) is 12.1. The highest BCUT2D eigenvalue weighted by molar-refractivity contribution is 7.14. The molecule has 0 bridgehead atoms. The lowest BCUT2D eigenvalue weighted by Gasteiger charge is -2.17. The highest BCUT2D eigenvalue weighted by Gasteiger charge is 2.17. The van der Waals surface area contributed by atoms with Gasteiger partial charge in [-0.05, 0) is 41.5 Å². The number of para-hydroxylation sites is 1. The van der Waals surface area contributed by atoms with E-state index in [1.54, 1.807) is 11.0 Å². The third-order valence-corrected chi connectivity index (χ3v) is 5.93. The molecule has 0 saturated heterocycles. The number of anilines is 2. The molecule has 3 aromatic carbocycles. The van der Waals surface area contributed by atoms with Crippen LogP contribution in [-0.4, -0.2) is 16.8 Å². The average Bonchev–Trinajstić information content (AvgIpc) is 3.26. The zero-order valence-corrected chi connectivity index (χ0v) is 18.7. The van der Waals surface area contributed by atoms with Crippen LogP contribution in [0.15, 0.2) is 84.3 Å². The van der Waals surface area contributed by atoms with Crippen LogP contribution in [0.1, 0.15) is 31.1 Å². The first-order valence-electron chi connectivity index (χ1n) is 10.3. The number of carbonyl (C=O) groups is 2. The lowest BCUT2D eigenvalue weighted by molar-refractivity contribution is -0.117. The van der Waals surface area contributed by atoms with E-state index in [9.17, 15) is 9.59 Å². The zero-order valence-electron chi connectivity index (χ0n) is 17.9. The Balaban J connectivity index is 1.46. The van der Waals surface area contributed by atoms with Crippen molar-refractivity contribution in [3.63, 3.8) is 0 Å². The standard InChI is InChI=1S/C26H23N3O2S/c1-18(23-14-8-10-20-9-6-7-13-24(20)23)27-25(31)16-15-21-17-32-26(28-21)29(19(2)30)22-11-4-3-5-12-22/h3-18H,1-2H3,(H,27,31)/b16-15+. The molecule has 0 aliphatic rings. The molecular weight excluding hydrogens is 418 g/mol. The van der Waals surface area contributed by atoms with Crippen molar-refractivity contribution in [1.82, 2.24) is 10.3 Å². The number of benzene rings is 3. The van der Waals surface area contributed by atoms with Crippen molar-refractivity contribution < 1.29 is 9.59 Å². The minimum absolute atomic E-state index is 0.122. The second-order valence-electron chi connectivity index (χ2n) is 7.38. The lowest BCUT2D eigenvalue weighted by atomic mass is 10.00. The zero-order chi connectivity index (χ0) is 22.5. The van der Waals surface area contributed by atoms with E-state index in [0.717, 1.165) is 22.0 Å². The van der Waals surface area contributed by atoms with Crippen LogP contribution in [0, 0.1) is 0 Å². The summed E-state index contributed by atoms with van der Waals surface area (Å²) in [4.78, 5) is 30.8. The van der Waals surface area contributed by atoms with E-state index >= 15 is 0 Å². The molecule has 32 heavy (non-hydrogen) atoms. The van der Waals surface area contributed by atoms with Gasteiger partial charge in [0, 0.05) is 18.4 Å². The van der Waals surface area contributed by atoms with Gasteiger partial charge in [0.2, 0.25) is 11.8 Å². The minimum atomic E-state index is -0.202. The van der Waals surface area contributed by atoms with Crippen LogP contribution in [0.4, 0.5) is 10.8 Å². The van der Waals surface area contributed by atoms with Crippen LogP contribution in [0.3, 0.4) is 0 Å². The molecule has 1 atom stereocenters. The van der Waals surface area contributed by atoms with E-state index in [1.807, 2.05) is 66.9 Å². The van der Waals surface area contributed by atoms with Crippen LogP contribution >= 0.6 is 11.3 Å². The third kappa shape index (κ3) is 4.76. The molecule has 5 nitrogen and oxygen atoms in total. The molecule has 4 rings (SSSR count). The van der Waals surface area contributed by atoms with Gasteiger partial charge in [0.15, 0.2) is 5.13 Å². The number of thiazole rings is 1. The maximum Gasteiger partial charge on any atom is 0.244 e. The Bertz CT molecular complexity index is 1280. The fraction of sp³-hybridized carbons (Fsp3) is 0.115. The molecule has 1 aromatic heterocycles. The van der Waals surface area contributed by atoms with Crippen molar-refractivity contribution in [3.05, 3.63) is 95.5 Å². The second kappa shape index (κ2) is 9.58. The second-order valence-corrected chi connectivity index (χ2v) is 8.21. The third-order valence-electron chi connectivity index (χ3n) is 5.08. The van der Waals surface area contributed by atoms with Gasteiger partial charge in [-0.2, -0.15) is 0 Å². The Kier molecular flexibility index (Phi) is 6.42. The van der Waals surface area contributed by atoms with Gasteiger partial charge >= 0.3 is 0 Å². The van der Waals surface area contributed by atoms with Gasteiger partial charge in [0.25, 0.3) is 0 Å². The SMILES string of the molecule is CC(=O)N(c1ccccc1)c1nc(/C=C/C(=O)NC(C)c2cccc3ccccc23)cs1. The first-order chi connectivity index (χ1) is 15.5. The number of hydrogen-bond donors (Lipinski definition) is 1. The van der Waals surface area contributed by atoms with E-state index in [1.165, 1.54) is 24.3 Å². The van der Waals surface area contributed by atoms with E-state index in [0.29, 0.717) is 10.8 Å². The molecular formula is C26H23N3O2S. The molecule has 0 radical (unpaired) electrons. The predicted molar refractivity (Wildman–Crippen MR) is 131 cm³/mol. The first kappa shape index (κ1) is 21.5. The number of nitrogens with one attached hydrogen (secondary N) is 1. The number of fused-ring (bicyclic) bond motifs is 1. The molecule has 1 N–H and O–H groups in total. The number of rotatable bonds is 6. The van der Waals surface area contributed by atoms with E-state index in [-0.39, 0.29) is 17.9 Å². The summed E-state index contributed by atoms with van der Waals surface area (Å²) in [6.45, 7) is 3.48. The predicted octanol–water partition coefficient (Wildman–Crippen LogP) is 5.87. The topological polar surface area (TPSA) is 62.3 Å². The van der Waals surface area contributed by atoms with Gasteiger partial charge in [0.1, 0.15) is 0 Å². The van der Waals surface area contributed by atoms with E-state index in [4.69, 9.17) is 0 Å². The average molecular weight is 442 g/mol. The number of nitrogens with zero attached hydrogens (tertiary/aromatic N) is 2. The van der Waals surface area contributed by atoms with Gasteiger partial charge < -0.3 is 5.32 Å². The summed E-state index contributed by atoms with van der Waals surface area (Å²) in [5.41, 5.74) is 2.45. The molecule has 1 heterocycles. The lowest BCUT2D eigenvalue weighted by Crippen LogP contribution is -2.24. The smallest absolute Gasteiger partial charge is 0.244 e. The molecule has 0 aliphatic heterocycles. The van der Waals surface area contributed by atoms with Crippen LogP contribution in [0.25, 0.3) is 16.8 Å². The Morgan fingerprint density at radius 2 is 1.72 bits per heavy atom. The fourth-order valence-corrected chi connectivity index (χ4v) is 4.44. The van der Waals surface area contributed by atoms with Gasteiger partial charge in [-0.3, -0.25) is 14.5 Å². The molecule has 160 valence electrons. The monoisotopic (exact) mass is 441 g/mol. The van der Waals surface area contributed by atoms with Crippen LogP contribution in [0.2, 0.25) is 0 Å². The summed E-state index contributed by atoms with van der Waals surface area (Å²) in [5, 5.41) is 7.68. The molecule has 0 aliphatic carbocycles. The molecule has 6 heteroatoms. The molecule has 4 aromatic rings. The van der Waals surface area contributed by atoms with Crippen molar-refractivity contribution in [3.8, 4) is 0 Å². The number of carbonyl (C=O) groups excluding carboxylic acids is 2. The highest BCUT2D eigenvalue weighted by atomic mass is 32.1. The first-order valence-corrected chi connectivity index (χ1v) is 11.2. The Morgan fingerprint density at radius 3 is 2.50 bits per heavy atom. The van der Waals surface area contributed by atoms with Crippen molar-refractivity contribution in [2.45, 2.75) is 19.9 Å². The molecule has 0 spiro atoms. The highest BCUT2D eigenvalue weighted by Crippen LogP contribution is 2.29. The summed E-state index contributed by atoms with van der Waals surface area (Å²) in [7, 11) is 0. The molecule has 0 fully saturated rings. The largest absolute Gasteiger partial charge is 0.346 e. The van der Waals surface area contributed by atoms with Crippen molar-refractivity contribution in [2.75, 3.05) is 4.90 Å². The molecule has 2 amide bonds. The number of aromatic nitrogens is 1. The van der Waals surface area contributed by atoms with Crippen LogP contribution in [0.5, 0.6) is 0 Å². The number of amides is 2. The quantitative estimate of drug-likeness (QED) is 0.381. The number of hydrogen-bond acceptors (Lipinski definition) is 4. The fourth-order valence-electron chi connectivity index (χ4n) is 3.59. The maximum absolute atomic E-state index is 12.5. The summed E-state index contributed by atoms with van der Waals surface area (Å²) in [6.07, 6.45) is 3.13. The summed E-state index contributed by atoms with van der Waals surface area (Å²) >= 11 is 1.36. The van der Waals surface area contributed by atoms with Gasteiger partial charge in [-0.25, -0.2) is 4.98 Å². The van der Waals surface area contributed by atoms with Crippen LogP contribution < -0.4 is 10.2 Å². The van der Waals surface area contributed by atoms with Crippen molar-refractivity contribution in [1.29, 1.82) is 0 Å². The molecule has 1 unspecified atom stereocenters. The Morgan fingerprint density at radius 1 is 1.00 bits per heavy atom. The van der Waals surface area contributed by atoms with Crippen molar-refractivity contribution in [2.24, 2.45) is 0 Å². The maximum atomic E-state index is 12.5.